The maximum Gasteiger partial charge on any atom is 0.0732 e. The number of pyridine rings is 1. The fourth-order valence-electron chi connectivity index (χ4n) is 1.56. The van der Waals surface area contributed by atoms with Gasteiger partial charge in [-0.1, -0.05) is 18.2 Å². The first kappa shape index (κ1) is 11.0. The summed E-state index contributed by atoms with van der Waals surface area (Å²) in [6.45, 7) is 2.23. The highest BCUT2D eigenvalue weighted by molar-refractivity contribution is 5.78. The Labute approximate surface area is 95.5 Å². The Morgan fingerprint density at radius 2 is 2.19 bits per heavy atom. The van der Waals surface area contributed by atoms with Crippen LogP contribution in [-0.4, -0.2) is 25.2 Å². The molecule has 3 nitrogen and oxygen atoms in total. The van der Waals surface area contributed by atoms with E-state index in [0.717, 1.165) is 29.6 Å². The Balaban J connectivity index is 2.02. The minimum atomic E-state index is 0.625. The quantitative estimate of drug-likeness (QED) is 0.776. The van der Waals surface area contributed by atoms with Gasteiger partial charge in [0.2, 0.25) is 0 Å². The normalized spacial score (nSPS) is 10.8. The topological polar surface area (TPSA) is 34.1 Å². The molecule has 1 heterocycles. The van der Waals surface area contributed by atoms with E-state index in [4.69, 9.17) is 4.74 Å². The summed E-state index contributed by atoms with van der Waals surface area (Å²) in [6, 6.07) is 10.2. The van der Waals surface area contributed by atoms with Crippen molar-refractivity contribution >= 4 is 10.9 Å². The van der Waals surface area contributed by atoms with Crippen LogP contribution in [0.2, 0.25) is 0 Å². The number of nitrogens with one attached hydrogen (secondary N) is 1. The molecule has 1 aromatic heterocycles. The minimum Gasteiger partial charge on any atom is -0.375 e. The van der Waals surface area contributed by atoms with Crippen LogP contribution in [0.15, 0.2) is 36.5 Å². The Kier molecular flexibility index (Phi) is 3.86. The van der Waals surface area contributed by atoms with Gasteiger partial charge in [-0.05, 0) is 24.7 Å². The lowest BCUT2D eigenvalue weighted by Crippen LogP contribution is -2.14. The molecule has 0 radical (unpaired) electrons. The van der Waals surface area contributed by atoms with Gasteiger partial charge in [0.25, 0.3) is 0 Å². The molecule has 0 atom stereocenters. The summed E-state index contributed by atoms with van der Waals surface area (Å²) >= 11 is 0. The fraction of sp³-hybridized carbons (Fsp3) is 0.308. The smallest absolute Gasteiger partial charge is 0.0732 e. The zero-order chi connectivity index (χ0) is 11.2. The maximum absolute atomic E-state index is 5.51. The van der Waals surface area contributed by atoms with E-state index in [9.17, 15) is 0 Å². The molecule has 0 saturated heterocycles. The molecule has 0 aliphatic rings. The molecule has 0 unspecified atom stereocenters. The van der Waals surface area contributed by atoms with E-state index in [2.05, 4.69) is 22.4 Å². The van der Waals surface area contributed by atoms with Gasteiger partial charge in [-0.3, -0.25) is 4.98 Å². The number of nitrogens with zero attached hydrogens (tertiary/aromatic N) is 1. The number of rotatable bonds is 5. The van der Waals surface area contributed by atoms with Crippen molar-refractivity contribution in [2.24, 2.45) is 0 Å². The largest absolute Gasteiger partial charge is 0.375 e. The molecule has 0 saturated carbocycles. The van der Waals surface area contributed by atoms with E-state index in [-0.39, 0.29) is 0 Å². The van der Waals surface area contributed by atoms with Crippen LogP contribution in [0.5, 0.6) is 0 Å². The summed E-state index contributed by atoms with van der Waals surface area (Å²) < 4.78 is 5.51. The molecule has 3 heteroatoms. The number of benzene rings is 1. The van der Waals surface area contributed by atoms with Gasteiger partial charge < -0.3 is 10.1 Å². The number of para-hydroxylation sites is 1. The Morgan fingerprint density at radius 1 is 1.31 bits per heavy atom. The third-order valence-corrected chi connectivity index (χ3v) is 2.41. The van der Waals surface area contributed by atoms with Gasteiger partial charge in [0.05, 0.1) is 18.7 Å². The summed E-state index contributed by atoms with van der Waals surface area (Å²) in [5.74, 6) is 0. The molecule has 1 aromatic carbocycles. The number of aromatic nitrogens is 1. The molecule has 16 heavy (non-hydrogen) atoms. The van der Waals surface area contributed by atoms with Gasteiger partial charge in [-0.25, -0.2) is 0 Å². The van der Waals surface area contributed by atoms with E-state index < -0.39 is 0 Å². The predicted octanol–water partition coefficient (Wildman–Crippen LogP) is 1.97. The first-order valence-electron chi connectivity index (χ1n) is 5.46. The lowest BCUT2D eigenvalue weighted by Gasteiger charge is -2.04. The molecule has 0 fully saturated rings. The molecule has 84 valence electrons. The summed E-state index contributed by atoms with van der Waals surface area (Å²) in [6.07, 6.45) is 1.88. The molecule has 0 bridgehead atoms. The number of ether oxygens (including phenoxy) is 1. The van der Waals surface area contributed by atoms with Crippen LogP contribution in [0, 0.1) is 0 Å². The van der Waals surface area contributed by atoms with Crippen LogP contribution in [0.1, 0.15) is 5.56 Å². The molecule has 0 aliphatic carbocycles. The molecule has 1 N–H and O–H groups in total. The van der Waals surface area contributed by atoms with Gasteiger partial charge in [-0.15, -0.1) is 0 Å². The van der Waals surface area contributed by atoms with Crippen molar-refractivity contribution in [2.45, 2.75) is 6.61 Å². The first-order valence-corrected chi connectivity index (χ1v) is 5.46. The van der Waals surface area contributed by atoms with Crippen LogP contribution < -0.4 is 5.32 Å². The summed E-state index contributed by atoms with van der Waals surface area (Å²) in [5.41, 5.74) is 2.15. The van der Waals surface area contributed by atoms with E-state index in [1.165, 1.54) is 0 Å². The number of likely N-dealkylation sites (N-methyl/N-ethyl adjacent to an activating group) is 1. The maximum atomic E-state index is 5.51. The van der Waals surface area contributed by atoms with Crippen LogP contribution >= 0.6 is 0 Å². The van der Waals surface area contributed by atoms with E-state index in [1.807, 2.05) is 31.4 Å². The molecular weight excluding hydrogens is 200 g/mol. The van der Waals surface area contributed by atoms with Crippen molar-refractivity contribution in [2.75, 3.05) is 20.2 Å². The van der Waals surface area contributed by atoms with Gasteiger partial charge in [-0.2, -0.15) is 0 Å². The molecule has 0 spiro atoms. The average molecular weight is 216 g/mol. The third-order valence-electron chi connectivity index (χ3n) is 2.41. The van der Waals surface area contributed by atoms with Crippen molar-refractivity contribution in [1.82, 2.24) is 10.3 Å². The minimum absolute atomic E-state index is 0.625. The van der Waals surface area contributed by atoms with E-state index in [1.54, 1.807) is 0 Å². The standard InChI is InChI=1S/C13H16N2O/c1-14-6-7-16-10-11-8-12-4-2-3-5-13(12)15-9-11/h2-5,8-9,14H,6-7,10H2,1H3. The van der Waals surface area contributed by atoms with Crippen LogP contribution in [-0.2, 0) is 11.3 Å². The van der Waals surface area contributed by atoms with Gasteiger partial charge in [0.1, 0.15) is 0 Å². The van der Waals surface area contributed by atoms with Gasteiger partial charge in [0.15, 0.2) is 0 Å². The van der Waals surface area contributed by atoms with Gasteiger partial charge in [0, 0.05) is 18.1 Å². The van der Waals surface area contributed by atoms with Crippen LogP contribution in [0.4, 0.5) is 0 Å². The molecule has 0 amide bonds. The number of fused-ring (bicyclic) bond motifs is 1. The van der Waals surface area contributed by atoms with Crippen molar-refractivity contribution < 1.29 is 4.74 Å². The van der Waals surface area contributed by atoms with Crippen LogP contribution in [0.3, 0.4) is 0 Å². The first-order chi connectivity index (χ1) is 7.90. The van der Waals surface area contributed by atoms with Crippen molar-refractivity contribution in [1.29, 1.82) is 0 Å². The fourth-order valence-corrected chi connectivity index (χ4v) is 1.56. The Bertz CT molecular complexity index is 456. The van der Waals surface area contributed by atoms with Crippen LogP contribution in [0.25, 0.3) is 10.9 Å². The Hall–Kier alpha value is -1.45. The highest BCUT2D eigenvalue weighted by Crippen LogP contribution is 2.12. The highest BCUT2D eigenvalue weighted by Gasteiger charge is 1.97. The zero-order valence-corrected chi connectivity index (χ0v) is 9.44. The average Bonchev–Trinajstić information content (AvgIpc) is 2.34. The second-order valence-electron chi connectivity index (χ2n) is 3.69. The molecule has 2 aromatic rings. The molecule has 0 aliphatic heterocycles. The van der Waals surface area contributed by atoms with Gasteiger partial charge >= 0.3 is 0 Å². The second kappa shape index (κ2) is 5.58. The lowest BCUT2D eigenvalue weighted by molar-refractivity contribution is 0.124. The SMILES string of the molecule is CNCCOCc1cnc2ccccc2c1. The summed E-state index contributed by atoms with van der Waals surface area (Å²) in [7, 11) is 1.92. The molecular formula is C13H16N2O. The zero-order valence-electron chi connectivity index (χ0n) is 9.44. The Morgan fingerprint density at radius 3 is 3.06 bits per heavy atom. The van der Waals surface area contributed by atoms with E-state index in [0.29, 0.717) is 6.61 Å². The number of hydrogen-bond acceptors (Lipinski definition) is 3. The van der Waals surface area contributed by atoms with Crippen molar-refractivity contribution in [3.05, 3.63) is 42.1 Å². The van der Waals surface area contributed by atoms with E-state index >= 15 is 0 Å². The predicted molar refractivity (Wildman–Crippen MR) is 65.3 cm³/mol. The second-order valence-corrected chi connectivity index (χ2v) is 3.69. The third kappa shape index (κ3) is 2.78. The van der Waals surface area contributed by atoms with Crippen molar-refractivity contribution in [3.63, 3.8) is 0 Å². The lowest BCUT2D eigenvalue weighted by atomic mass is 10.2. The molecule has 2 rings (SSSR count). The summed E-state index contributed by atoms with van der Waals surface area (Å²) in [5, 5.41) is 4.21. The number of hydrogen-bond donors (Lipinski definition) is 1. The monoisotopic (exact) mass is 216 g/mol. The highest BCUT2D eigenvalue weighted by atomic mass is 16.5. The van der Waals surface area contributed by atoms with Crippen molar-refractivity contribution in [3.8, 4) is 0 Å². The summed E-state index contributed by atoms with van der Waals surface area (Å²) in [4.78, 5) is 4.38.